The predicted molar refractivity (Wildman–Crippen MR) is 72.1 cm³/mol. The average Bonchev–Trinajstić information content (AvgIpc) is 2.39. The number of ether oxygens (including phenoxy) is 2. The fraction of sp³-hybridized carbons (Fsp3) is 0.692. The fourth-order valence-corrected chi connectivity index (χ4v) is 2.44. The third kappa shape index (κ3) is 2.48. The topological polar surface area (TPSA) is 47.1 Å². The van der Waals surface area contributed by atoms with Crippen LogP contribution in [0.4, 0.5) is 0 Å². The first-order chi connectivity index (χ1) is 8.60. The molecule has 1 aromatic rings. The molecule has 1 aliphatic heterocycles. The zero-order chi connectivity index (χ0) is 13.2. The molecule has 5 heteroatoms. The van der Waals surface area contributed by atoms with Crippen molar-refractivity contribution >= 4 is 12.2 Å². The Balaban J connectivity index is 2.46. The van der Waals surface area contributed by atoms with Gasteiger partial charge in [0.15, 0.2) is 0 Å². The molecule has 1 aromatic heterocycles. The maximum absolute atomic E-state index is 5.84. The van der Waals surface area contributed by atoms with Crippen LogP contribution in [0.5, 0.6) is 0 Å². The summed E-state index contributed by atoms with van der Waals surface area (Å²) in [5.74, 6) is 0.831. The van der Waals surface area contributed by atoms with Gasteiger partial charge in [0.1, 0.15) is 16.1 Å². The fourth-order valence-electron chi connectivity index (χ4n) is 2.16. The molecule has 0 amide bonds. The quantitative estimate of drug-likeness (QED) is 0.853. The number of aromatic nitrogens is 2. The molecule has 2 heterocycles. The van der Waals surface area contributed by atoms with Gasteiger partial charge in [-0.1, -0.05) is 19.1 Å². The minimum Gasteiger partial charge on any atom is -0.376 e. The van der Waals surface area contributed by atoms with Crippen LogP contribution in [0.3, 0.4) is 0 Å². The monoisotopic (exact) mass is 268 g/mol. The molecule has 0 aromatic carbocycles. The summed E-state index contributed by atoms with van der Waals surface area (Å²) in [5, 5.41) is 0. The summed E-state index contributed by atoms with van der Waals surface area (Å²) >= 11 is 5.36. The molecule has 0 saturated heterocycles. The van der Waals surface area contributed by atoms with Crippen LogP contribution in [0, 0.1) is 4.64 Å². The van der Waals surface area contributed by atoms with Crippen molar-refractivity contribution in [3.63, 3.8) is 0 Å². The van der Waals surface area contributed by atoms with Gasteiger partial charge < -0.3 is 14.5 Å². The Hall–Kier alpha value is -0.780. The SMILES string of the molecule is CCOC(C)(CC)c1nc(=S)c2c([nH]1)CCOC2. The van der Waals surface area contributed by atoms with Crippen LogP contribution < -0.4 is 0 Å². The normalized spacial score (nSPS) is 18.2. The molecule has 2 rings (SSSR count). The second-order valence-electron chi connectivity index (χ2n) is 4.67. The van der Waals surface area contributed by atoms with Crippen molar-refractivity contribution in [3.05, 3.63) is 21.7 Å². The summed E-state index contributed by atoms with van der Waals surface area (Å²) in [7, 11) is 0. The summed E-state index contributed by atoms with van der Waals surface area (Å²) in [6, 6.07) is 0. The third-order valence-corrected chi connectivity index (χ3v) is 3.82. The highest BCUT2D eigenvalue weighted by Crippen LogP contribution is 2.27. The van der Waals surface area contributed by atoms with Crippen molar-refractivity contribution in [1.82, 2.24) is 9.97 Å². The van der Waals surface area contributed by atoms with E-state index in [9.17, 15) is 0 Å². The number of hydrogen-bond acceptors (Lipinski definition) is 4. The highest BCUT2D eigenvalue weighted by Gasteiger charge is 2.29. The van der Waals surface area contributed by atoms with E-state index < -0.39 is 5.60 Å². The van der Waals surface area contributed by atoms with Crippen LogP contribution in [0.25, 0.3) is 0 Å². The molecule has 0 radical (unpaired) electrons. The van der Waals surface area contributed by atoms with Crippen molar-refractivity contribution in [2.75, 3.05) is 13.2 Å². The van der Waals surface area contributed by atoms with Crippen LogP contribution >= 0.6 is 12.2 Å². The molecule has 0 bridgehead atoms. The van der Waals surface area contributed by atoms with Gasteiger partial charge in [0, 0.05) is 24.3 Å². The third-order valence-electron chi connectivity index (χ3n) is 3.49. The molecule has 0 saturated carbocycles. The van der Waals surface area contributed by atoms with Crippen molar-refractivity contribution in [3.8, 4) is 0 Å². The van der Waals surface area contributed by atoms with Gasteiger partial charge in [0.2, 0.25) is 0 Å². The van der Waals surface area contributed by atoms with E-state index in [1.54, 1.807) is 0 Å². The standard InChI is InChI=1S/C13H20N2O2S/c1-4-13(3,17-5-2)12-14-10-6-7-16-8-9(10)11(18)15-12/h4-8H2,1-3H3,(H,14,15,18). The number of nitrogens with one attached hydrogen (secondary N) is 1. The number of rotatable bonds is 4. The van der Waals surface area contributed by atoms with Crippen molar-refractivity contribution in [2.45, 2.75) is 45.8 Å². The average molecular weight is 268 g/mol. The van der Waals surface area contributed by atoms with Crippen molar-refractivity contribution < 1.29 is 9.47 Å². The number of aromatic amines is 1. The largest absolute Gasteiger partial charge is 0.376 e. The summed E-state index contributed by atoms with van der Waals surface area (Å²) in [6.07, 6.45) is 1.72. The molecule has 1 atom stereocenters. The first-order valence-electron chi connectivity index (χ1n) is 6.45. The van der Waals surface area contributed by atoms with E-state index in [1.807, 2.05) is 6.92 Å². The van der Waals surface area contributed by atoms with Gasteiger partial charge in [-0.05, 0) is 20.3 Å². The first kappa shape index (κ1) is 13.6. The van der Waals surface area contributed by atoms with Crippen LogP contribution in [0.2, 0.25) is 0 Å². The minimum absolute atomic E-state index is 0.393. The number of nitrogens with zero attached hydrogens (tertiary/aromatic N) is 1. The van der Waals surface area contributed by atoms with E-state index in [1.165, 1.54) is 0 Å². The van der Waals surface area contributed by atoms with Crippen LogP contribution in [0.1, 0.15) is 44.3 Å². The molecule has 100 valence electrons. The minimum atomic E-state index is -0.393. The van der Waals surface area contributed by atoms with Crippen molar-refractivity contribution in [1.29, 1.82) is 0 Å². The molecule has 0 fully saturated rings. The van der Waals surface area contributed by atoms with Gasteiger partial charge in [0.25, 0.3) is 0 Å². The summed E-state index contributed by atoms with van der Waals surface area (Å²) in [6.45, 7) is 8.10. The zero-order valence-electron chi connectivity index (χ0n) is 11.2. The van der Waals surface area contributed by atoms with Crippen LogP contribution in [-0.2, 0) is 28.1 Å². The van der Waals surface area contributed by atoms with Crippen molar-refractivity contribution in [2.24, 2.45) is 0 Å². The van der Waals surface area contributed by atoms with E-state index in [4.69, 9.17) is 21.7 Å². The number of hydrogen-bond donors (Lipinski definition) is 1. The Kier molecular flexibility index (Phi) is 4.14. The Labute approximate surface area is 113 Å². The number of H-pyrrole nitrogens is 1. The lowest BCUT2D eigenvalue weighted by Crippen LogP contribution is -2.29. The second kappa shape index (κ2) is 5.47. The molecule has 1 N–H and O–H groups in total. The molecule has 0 spiro atoms. The Morgan fingerprint density at radius 3 is 2.94 bits per heavy atom. The second-order valence-corrected chi connectivity index (χ2v) is 5.05. The van der Waals surface area contributed by atoms with Gasteiger partial charge in [0.05, 0.1) is 13.2 Å². The molecule has 1 aliphatic rings. The summed E-state index contributed by atoms with van der Waals surface area (Å²) < 4.78 is 11.9. The predicted octanol–water partition coefficient (Wildman–Crippen LogP) is 2.87. The first-order valence-corrected chi connectivity index (χ1v) is 6.85. The Morgan fingerprint density at radius 2 is 2.28 bits per heavy atom. The Morgan fingerprint density at radius 1 is 1.50 bits per heavy atom. The van der Waals surface area contributed by atoms with Gasteiger partial charge in [-0.15, -0.1) is 0 Å². The molecule has 1 unspecified atom stereocenters. The van der Waals surface area contributed by atoms with E-state index in [2.05, 4.69) is 23.8 Å². The van der Waals surface area contributed by atoms with Gasteiger partial charge in [-0.2, -0.15) is 0 Å². The summed E-state index contributed by atoms with van der Waals surface area (Å²) in [5.41, 5.74) is 1.78. The number of fused-ring (bicyclic) bond motifs is 1. The van der Waals surface area contributed by atoms with Crippen LogP contribution in [-0.4, -0.2) is 23.2 Å². The van der Waals surface area contributed by atoms with Gasteiger partial charge in [-0.25, -0.2) is 4.98 Å². The molecule has 0 aliphatic carbocycles. The zero-order valence-corrected chi connectivity index (χ0v) is 12.0. The van der Waals surface area contributed by atoms with Gasteiger partial charge in [-0.3, -0.25) is 0 Å². The molecular weight excluding hydrogens is 248 g/mol. The molecule has 18 heavy (non-hydrogen) atoms. The van der Waals surface area contributed by atoms with E-state index >= 15 is 0 Å². The van der Waals surface area contributed by atoms with E-state index in [0.29, 0.717) is 17.9 Å². The molecular formula is C13H20N2O2S. The lowest BCUT2D eigenvalue weighted by molar-refractivity contribution is -0.0395. The Bertz CT molecular complexity index is 486. The highest BCUT2D eigenvalue weighted by molar-refractivity contribution is 7.71. The maximum atomic E-state index is 5.84. The van der Waals surface area contributed by atoms with E-state index in [-0.39, 0.29) is 0 Å². The van der Waals surface area contributed by atoms with Crippen LogP contribution in [0.15, 0.2) is 0 Å². The highest BCUT2D eigenvalue weighted by atomic mass is 32.1. The maximum Gasteiger partial charge on any atom is 0.140 e. The molecule has 4 nitrogen and oxygen atoms in total. The lowest BCUT2D eigenvalue weighted by atomic mass is 10.0. The summed E-state index contributed by atoms with van der Waals surface area (Å²) in [4.78, 5) is 7.90. The van der Waals surface area contributed by atoms with E-state index in [0.717, 1.165) is 36.5 Å². The lowest BCUT2D eigenvalue weighted by Gasteiger charge is -2.29. The smallest absolute Gasteiger partial charge is 0.140 e. The van der Waals surface area contributed by atoms with Gasteiger partial charge >= 0.3 is 0 Å².